The van der Waals surface area contributed by atoms with Crippen LogP contribution in [0.5, 0.6) is 0 Å². The minimum absolute atomic E-state index is 0.173. The highest BCUT2D eigenvalue weighted by atomic mass is 32.2. The van der Waals surface area contributed by atoms with E-state index in [4.69, 9.17) is 14.8 Å². The molecule has 256 valence electrons. The number of fused-ring (bicyclic) bond motifs is 2. The van der Waals surface area contributed by atoms with Crippen LogP contribution in [0.2, 0.25) is 25.7 Å². The summed E-state index contributed by atoms with van der Waals surface area (Å²) in [6, 6.07) is 17.5. The molecule has 0 radical (unpaired) electrons. The van der Waals surface area contributed by atoms with Gasteiger partial charge in [-0.1, -0.05) is 43.9 Å². The summed E-state index contributed by atoms with van der Waals surface area (Å²) >= 11 is 0. The van der Waals surface area contributed by atoms with Gasteiger partial charge in [0.1, 0.15) is 30.0 Å². The summed E-state index contributed by atoms with van der Waals surface area (Å²) < 4.78 is 38.3. The van der Waals surface area contributed by atoms with Crippen LogP contribution in [0, 0.1) is 13.8 Å². The van der Waals surface area contributed by atoms with Gasteiger partial charge in [-0.05, 0) is 73.8 Å². The smallest absolute Gasteiger partial charge is 0.282 e. The molecule has 0 saturated carbocycles. The Morgan fingerprint density at radius 1 is 1.02 bits per heavy atom. The van der Waals surface area contributed by atoms with Gasteiger partial charge in [0.2, 0.25) is 10.0 Å². The van der Waals surface area contributed by atoms with Gasteiger partial charge in [0.25, 0.3) is 5.56 Å². The number of nitrogens with one attached hydrogen (secondary N) is 2. The lowest BCUT2D eigenvalue weighted by molar-refractivity contribution is 0.0899. The number of aryl methyl sites for hydroxylation is 2. The van der Waals surface area contributed by atoms with E-state index in [1.807, 2.05) is 74.0 Å². The maximum Gasteiger partial charge on any atom is 0.282 e. The molecule has 0 bridgehead atoms. The second-order valence-electron chi connectivity index (χ2n) is 13.7. The van der Waals surface area contributed by atoms with Crippen molar-refractivity contribution in [3.05, 3.63) is 101 Å². The molecule has 0 amide bonds. The second-order valence-corrected chi connectivity index (χ2v) is 21.1. The first-order valence-electron chi connectivity index (χ1n) is 16.1. The van der Waals surface area contributed by atoms with Crippen molar-refractivity contribution in [1.82, 2.24) is 28.7 Å². The first-order chi connectivity index (χ1) is 23.2. The topological polar surface area (TPSA) is 137 Å². The van der Waals surface area contributed by atoms with E-state index >= 15 is 0 Å². The van der Waals surface area contributed by atoms with Gasteiger partial charge in [-0.25, -0.2) is 22.9 Å². The number of sulfonamides is 1. The number of anilines is 2. The molecular weight excluding hydrogens is 657 g/mol. The lowest BCUT2D eigenvalue weighted by Crippen LogP contribution is -2.29. The van der Waals surface area contributed by atoms with Crippen LogP contribution in [0.3, 0.4) is 0 Å². The van der Waals surface area contributed by atoms with E-state index in [1.54, 1.807) is 27.4 Å². The van der Waals surface area contributed by atoms with Crippen LogP contribution < -0.4 is 15.6 Å². The van der Waals surface area contributed by atoms with Crippen LogP contribution in [0.15, 0.2) is 78.1 Å². The molecule has 6 aromatic rings. The first-order valence-corrected chi connectivity index (χ1v) is 21.7. The van der Waals surface area contributed by atoms with Crippen LogP contribution >= 0.6 is 0 Å². The van der Waals surface area contributed by atoms with Crippen molar-refractivity contribution < 1.29 is 13.2 Å². The molecule has 4 aromatic heterocycles. The standard InChI is InChI=1S/C35H42N8O4SSi/c1-23-17-26(19-27(18-23)40-48(4,45)46)29-20-41(22-47-15-16-49(5,6)7)34-30(29)32(36-21-37-34)38-25(3)33-39-42-14-13-24(2)31(42)35(44)43(33)28-11-9-8-10-12-28/h8-14,17-21,25,40H,15-16,22H2,1-7H3,(H,36,37,38)/t25-/m0/s1. The van der Waals surface area contributed by atoms with E-state index in [1.165, 1.54) is 6.33 Å². The number of aromatic nitrogens is 6. The van der Waals surface area contributed by atoms with Crippen LogP contribution in [0.4, 0.5) is 11.5 Å². The zero-order valence-electron chi connectivity index (χ0n) is 28.9. The fraction of sp³-hybridized carbons (Fsp3) is 0.314. The monoisotopic (exact) mass is 698 g/mol. The van der Waals surface area contributed by atoms with E-state index in [9.17, 15) is 13.2 Å². The Hall–Kier alpha value is -4.79. The Balaban J connectivity index is 1.48. The Labute approximate surface area is 286 Å². The molecule has 0 aliphatic heterocycles. The zero-order valence-corrected chi connectivity index (χ0v) is 30.7. The van der Waals surface area contributed by atoms with Gasteiger partial charge < -0.3 is 14.6 Å². The van der Waals surface area contributed by atoms with Gasteiger partial charge in [-0.2, -0.15) is 5.10 Å². The normalized spacial score (nSPS) is 12.9. The molecule has 4 heterocycles. The molecule has 0 aliphatic carbocycles. The van der Waals surface area contributed by atoms with Crippen LogP contribution in [-0.4, -0.2) is 58.1 Å². The predicted molar refractivity (Wildman–Crippen MR) is 198 cm³/mol. The second kappa shape index (κ2) is 13.3. The van der Waals surface area contributed by atoms with Crippen molar-refractivity contribution in [1.29, 1.82) is 0 Å². The molecule has 14 heteroatoms. The highest BCUT2D eigenvalue weighted by molar-refractivity contribution is 7.92. The van der Waals surface area contributed by atoms with E-state index in [0.29, 0.717) is 40.8 Å². The molecule has 12 nitrogen and oxygen atoms in total. The van der Waals surface area contributed by atoms with Crippen molar-refractivity contribution >= 4 is 46.2 Å². The maximum atomic E-state index is 14.0. The average Bonchev–Trinajstić information content (AvgIpc) is 3.59. The molecule has 49 heavy (non-hydrogen) atoms. The van der Waals surface area contributed by atoms with Gasteiger partial charge >= 0.3 is 0 Å². The number of hydrogen-bond acceptors (Lipinski definition) is 8. The van der Waals surface area contributed by atoms with Crippen molar-refractivity contribution in [3.63, 3.8) is 0 Å². The third kappa shape index (κ3) is 7.45. The van der Waals surface area contributed by atoms with Crippen LogP contribution in [-0.2, 0) is 21.5 Å². The van der Waals surface area contributed by atoms with E-state index < -0.39 is 24.1 Å². The largest absolute Gasteiger partial charge is 0.361 e. The summed E-state index contributed by atoms with van der Waals surface area (Å²) in [6.45, 7) is 13.6. The third-order valence-electron chi connectivity index (χ3n) is 8.24. The summed E-state index contributed by atoms with van der Waals surface area (Å²) in [4.78, 5) is 23.3. The number of nitrogens with zero attached hydrogens (tertiary/aromatic N) is 6. The Morgan fingerprint density at radius 3 is 2.49 bits per heavy atom. The molecule has 0 spiro atoms. The number of benzene rings is 2. The molecule has 0 fully saturated rings. The summed E-state index contributed by atoms with van der Waals surface area (Å²) in [6.07, 6.45) is 6.39. The van der Waals surface area contributed by atoms with Crippen LogP contribution in [0.1, 0.15) is 29.9 Å². The minimum atomic E-state index is -3.50. The number of ether oxygens (including phenoxy) is 1. The van der Waals surface area contributed by atoms with Crippen molar-refractivity contribution in [2.45, 2.75) is 59.2 Å². The maximum absolute atomic E-state index is 14.0. The van der Waals surface area contributed by atoms with Crippen molar-refractivity contribution in [2.75, 3.05) is 22.9 Å². The van der Waals surface area contributed by atoms with Crippen LogP contribution in [0.25, 0.3) is 33.4 Å². The molecule has 2 N–H and O–H groups in total. The molecule has 6 rings (SSSR count). The Kier molecular flexibility index (Phi) is 9.22. The summed E-state index contributed by atoms with van der Waals surface area (Å²) in [5.74, 6) is 1.03. The van der Waals surface area contributed by atoms with E-state index in [2.05, 4.69) is 34.7 Å². The Bertz CT molecular complexity index is 2330. The summed E-state index contributed by atoms with van der Waals surface area (Å²) in [7, 11) is -4.80. The molecule has 0 saturated heterocycles. The van der Waals surface area contributed by atoms with Gasteiger partial charge in [0.05, 0.1) is 23.4 Å². The number of para-hydroxylation sites is 1. The molecular formula is C35H42N8O4SSi. The van der Waals surface area contributed by atoms with E-state index in [0.717, 1.165) is 39.9 Å². The number of hydrogen-bond donors (Lipinski definition) is 2. The molecule has 1 atom stereocenters. The highest BCUT2D eigenvalue weighted by Gasteiger charge is 2.23. The number of rotatable bonds is 12. The lowest BCUT2D eigenvalue weighted by Gasteiger charge is -2.20. The fourth-order valence-electron chi connectivity index (χ4n) is 5.91. The van der Waals surface area contributed by atoms with Gasteiger partial charge in [0.15, 0.2) is 5.82 Å². The molecule has 2 aromatic carbocycles. The SMILES string of the molecule is Cc1cc(NS(C)(=O)=O)cc(-c2cn(COCC[Si](C)(C)C)c3ncnc(N[C@@H](C)c4nn5ccc(C)c5c(=O)n4-c4ccccc4)c23)c1. The Morgan fingerprint density at radius 2 is 1.78 bits per heavy atom. The predicted octanol–water partition coefficient (Wildman–Crippen LogP) is 6.37. The lowest BCUT2D eigenvalue weighted by atomic mass is 10.0. The fourth-order valence-corrected chi connectivity index (χ4v) is 7.21. The molecule has 0 unspecified atom stereocenters. The van der Waals surface area contributed by atoms with Gasteiger partial charge in [-0.3, -0.25) is 14.1 Å². The minimum Gasteiger partial charge on any atom is -0.361 e. The first kappa shape index (κ1) is 34.1. The van der Waals surface area contributed by atoms with Gasteiger partial charge in [0, 0.05) is 38.3 Å². The third-order valence-corrected chi connectivity index (χ3v) is 10.6. The zero-order chi connectivity index (χ0) is 35.1. The highest BCUT2D eigenvalue weighted by Crippen LogP contribution is 2.37. The summed E-state index contributed by atoms with van der Waals surface area (Å²) in [5, 5.41) is 9.18. The van der Waals surface area contributed by atoms with Crippen molar-refractivity contribution in [2.24, 2.45) is 0 Å². The average molecular weight is 699 g/mol. The quantitative estimate of drug-likeness (QED) is 0.111. The summed E-state index contributed by atoms with van der Waals surface area (Å²) in [5.41, 5.74) is 5.44. The van der Waals surface area contributed by atoms with Gasteiger partial charge in [-0.15, -0.1) is 0 Å². The van der Waals surface area contributed by atoms with E-state index in [-0.39, 0.29) is 12.3 Å². The van der Waals surface area contributed by atoms with Crippen molar-refractivity contribution in [3.8, 4) is 16.8 Å². The molecule has 0 aliphatic rings.